The van der Waals surface area contributed by atoms with E-state index < -0.39 is 0 Å². The van der Waals surface area contributed by atoms with Gasteiger partial charge in [0, 0.05) is 28.0 Å². The van der Waals surface area contributed by atoms with Gasteiger partial charge in [0.25, 0.3) is 5.91 Å². The van der Waals surface area contributed by atoms with Crippen molar-refractivity contribution in [2.24, 2.45) is 5.10 Å². The number of benzene rings is 2. The van der Waals surface area contributed by atoms with Crippen molar-refractivity contribution in [3.63, 3.8) is 0 Å². The van der Waals surface area contributed by atoms with Gasteiger partial charge in [-0.2, -0.15) is 10.2 Å². The number of nitrogens with one attached hydrogen (secondary N) is 1. The van der Waals surface area contributed by atoms with Gasteiger partial charge in [-0.25, -0.2) is 5.43 Å². The number of phenols is 1. The molecule has 0 atom stereocenters. The van der Waals surface area contributed by atoms with Gasteiger partial charge in [-0.3, -0.25) is 9.48 Å². The lowest BCUT2D eigenvalue weighted by Crippen LogP contribution is -2.18. The van der Waals surface area contributed by atoms with Crippen molar-refractivity contribution in [1.82, 2.24) is 15.2 Å². The summed E-state index contributed by atoms with van der Waals surface area (Å²) in [7, 11) is 0. The predicted molar refractivity (Wildman–Crippen MR) is 98.6 cm³/mol. The molecule has 0 aliphatic carbocycles. The van der Waals surface area contributed by atoms with Crippen LogP contribution in [0.4, 0.5) is 0 Å². The van der Waals surface area contributed by atoms with Crippen LogP contribution in [0.2, 0.25) is 0 Å². The Morgan fingerprint density at radius 1 is 1.28 bits per heavy atom. The molecule has 0 unspecified atom stereocenters. The summed E-state index contributed by atoms with van der Waals surface area (Å²) in [5.41, 5.74) is 4.43. The molecule has 0 saturated carbocycles. The fourth-order valence-electron chi connectivity index (χ4n) is 2.25. The van der Waals surface area contributed by atoms with E-state index >= 15 is 0 Å². The molecule has 7 heteroatoms. The van der Waals surface area contributed by atoms with Gasteiger partial charge in [-0.15, -0.1) is 0 Å². The fourth-order valence-corrected chi connectivity index (χ4v) is 2.62. The van der Waals surface area contributed by atoms with Gasteiger partial charge in [0.15, 0.2) is 0 Å². The minimum absolute atomic E-state index is 0.0856. The third-order valence-electron chi connectivity index (χ3n) is 3.45. The molecule has 0 radical (unpaired) electrons. The lowest BCUT2D eigenvalue weighted by Gasteiger charge is -2.05. The van der Waals surface area contributed by atoms with Crippen molar-refractivity contribution in [2.45, 2.75) is 6.54 Å². The molecule has 6 nitrogen and oxygen atoms in total. The Kier molecular flexibility index (Phi) is 5.25. The van der Waals surface area contributed by atoms with Crippen molar-refractivity contribution in [2.75, 3.05) is 0 Å². The average molecular weight is 399 g/mol. The first-order valence-electron chi connectivity index (χ1n) is 7.50. The zero-order valence-corrected chi connectivity index (χ0v) is 14.7. The molecule has 0 aliphatic rings. The zero-order chi connectivity index (χ0) is 17.6. The van der Waals surface area contributed by atoms with E-state index in [2.05, 4.69) is 31.6 Å². The predicted octanol–water partition coefficient (Wildman–Crippen LogP) is 3.16. The van der Waals surface area contributed by atoms with E-state index in [4.69, 9.17) is 0 Å². The van der Waals surface area contributed by atoms with Crippen LogP contribution in [0.1, 0.15) is 21.5 Å². The molecule has 1 heterocycles. The highest BCUT2D eigenvalue weighted by Gasteiger charge is 2.06. The van der Waals surface area contributed by atoms with Gasteiger partial charge in [-0.05, 0) is 42.0 Å². The summed E-state index contributed by atoms with van der Waals surface area (Å²) in [6.07, 6.45) is 4.97. The molecule has 3 aromatic rings. The highest BCUT2D eigenvalue weighted by atomic mass is 79.9. The van der Waals surface area contributed by atoms with E-state index in [0.717, 1.165) is 10.0 Å². The maximum absolute atomic E-state index is 12.2. The van der Waals surface area contributed by atoms with Gasteiger partial charge in [-0.1, -0.05) is 28.1 Å². The molecule has 1 aromatic heterocycles. The van der Waals surface area contributed by atoms with Gasteiger partial charge in [0.1, 0.15) is 5.75 Å². The highest BCUT2D eigenvalue weighted by Crippen LogP contribution is 2.19. The number of nitrogens with zero attached hydrogens (tertiary/aromatic N) is 3. The van der Waals surface area contributed by atoms with Gasteiger partial charge >= 0.3 is 0 Å². The van der Waals surface area contributed by atoms with Crippen molar-refractivity contribution >= 4 is 28.1 Å². The van der Waals surface area contributed by atoms with Crippen molar-refractivity contribution in [1.29, 1.82) is 0 Å². The number of aromatic hydroxyl groups is 1. The number of hydrogen-bond acceptors (Lipinski definition) is 4. The Morgan fingerprint density at radius 2 is 2.16 bits per heavy atom. The van der Waals surface area contributed by atoms with Crippen LogP contribution in [0.15, 0.2) is 70.5 Å². The molecule has 0 saturated heterocycles. The van der Waals surface area contributed by atoms with E-state index in [1.165, 1.54) is 6.21 Å². The topological polar surface area (TPSA) is 79.5 Å². The third-order valence-corrected chi connectivity index (χ3v) is 3.95. The molecule has 126 valence electrons. The Balaban J connectivity index is 1.67. The standard InChI is InChI=1S/C18H15BrN4O2/c19-16-5-6-17(24)15(10-16)11-20-22-18(25)14-4-1-3-13(9-14)12-23-8-2-7-21-23/h1-11,24H,12H2,(H,22,25). The Labute approximate surface area is 152 Å². The summed E-state index contributed by atoms with van der Waals surface area (Å²) in [6, 6.07) is 14.1. The van der Waals surface area contributed by atoms with Crippen LogP contribution in [0.25, 0.3) is 0 Å². The van der Waals surface area contributed by atoms with E-state index in [-0.39, 0.29) is 11.7 Å². The van der Waals surface area contributed by atoms with Crippen LogP contribution < -0.4 is 5.43 Å². The lowest BCUT2D eigenvalue weighted by atomic mass is 10.1. The minimum Gasteiger partial charge on any atom is -0.507 e. The SMILES string of the molecule is O=C(NN=Cc1cc(Br)ccc1O)c1cccc(Cn2cccn2)c1. The number of phenolic OH excluding ortho intramolecular Hbond substituents is 1. The Hall–Kier alpha value is -2.93. The third kappa shape index (κ3) is 4.54. The number of hydrogen-bond donors (Lipinski definition) is 2. The van der Waals surface area contributed by atoms with Crippen LogP contribution in [-0.2, 0) is 6.54 Å². The molecule has 0 bridgehead atoms. The van der Waals surface area contributed by atoms with Crippen molar-refractivity contribution in [3.05, 3.63) is 82.1 Å². The largest absolute Gasteiger partial charge is 0.507 e. The molecule has 1 amide bonds. The van der Waals surface area contributed by atoms with Crippen LogP contribution in [0.3, 0.4) is 0 Å². The zero-order valence-electron chi connectivity index (χ0n) is 13.1. The Morgan fingerprint density at radius 3 is 2.96 bits per heavy atom. The van der Waals surface area contributed by atoms with Gasteiger partial charge in [0.05, 0.1) is 12.8 Å². The lowest BCUT2D eigenvalue weighted by molar-refractivity contribution is 0.0955. The number of hydrazone groups is 1. The normalized spacial score (nSPS) is 10.9. The first-order chi connectivity index (χ1) is 12.1. The molecule has 0 aliphatic heterocycles. The molecule has 2 N–H and O–H groups in total. The first kappa shape index (κ1) is 16.9. The molecule has 3 rings (SSSR count). The van der Waals surface area contributed by atoms with E-state index in [1.807, 2.05) is 24.4 Å². The molecular weight excluding hydrogens is 384 g/mol. The number of amides is 1. The number of halogens is 1. The second kappa shape index (κ2) is 7.76. The highest BCUT2D eigenvalue weighted by molar-refractivity contribution is 9.10. The van der Waals surface area contributed by atoms with E-state index in [1.54, 1.807) is 41.2 Å². The van der Waals surface area contributed by atoms with Gasteiger partial charge in [0.2, 0.25) is 0 Å². The first-order valence-corrected chi connectivity index (χ1v) is 8.29. The van der Waals surface area contributed by atoms with Crippen LogP contribution in [-0.4, -0.2) is 27.0 Å². The minimum atomic E-state index is -0.326. The molecule has 0 spiro atoms. The maximum Gasteiger partial charge on any atom is 0.271 e. The second-order valence-electron chi connectivity index (χ2n) is 5.31. The van der Waals surface area contributed by atoms with Crippen molar-refractivity contribution < 1.29 is 9.90 Å². The number of aromatic nitrogens is 2. The quantitative estimate of drug-likeness (QED) is 0.511. The van der Waals surface area contributed by atoms with Crippen LogP contribution >= 0.6 is 15.9 Å². The summed E-state index contributed by atoms with van der Waals surface area (Å²) < 4.78 is 2.59. The summed E-state index contributed by atoms with van der Waals surface area (Å²) in [5, 5.41) is 17.8. The van der Waals surface area contributed by atoms with E-state index in [9.17, 15) is 9.90 Å². The number of rotatable bonds is 5. The van der Waals surface area contributed by atoms with Crippen molar-refractivity contribution in [3.8, 4) is 5.75 Å². The van der Waals surface area contributed by atoms with Gasteiger partial charge < -0.3 is 5.11 Å². The number of carbonyl (C=O) groups is 1. The molecule has 0 fully saturated rings. The summed E-state index contributed by atoms with van der Waals surface area (Å²) in [5.74, 6) is -0.240. The summed E-state index contributed by atoms with van der Waals surface area (Å²) in [4.78, 5) is 12.2. The smallest absolute Gasteiger partial charge is 0.271 e. The molecule has 25 heavy (non-hydrogen) atoms. The van der Waals surface area contributed by atoms with E-state index in [0.29, 0.717) is 17.7 Å². The Bertz CT molecular complexity index is 907. The van der Waals surface area contributed by atoms with Crippen LogP contribution in [0, 0.1) is 0 Å². The molecular formula is C18H15BrN4O2. The fraction of sp³-hybridized carbons (Fsp3) is 0.0556. The maximum atomic E-state index is 12.2. The monoisotopic (exact) mass is 398 g/mol. The number of carbonyl (C=O) groups excluding carboxylic acids is 1. The molecule has 2 aromatic carbocycles. The summed E-state index contributed by atoms with van der Waals surface area (Å²) >= 11 is 3.32. The summed E-state index contributed by atoms with van der Waals surface area (Å²) in [6.45, 7) is 0.587. The average Bonchev–Trinajstić information content (AvgIpc) is 3.11. The van der Waals surface area contributed by atoms with Crippen LogP contribution in [0.5, 0.6) is 5.75 Å². The second-order valence-corrected chi connectivity index (χ2v) is 6.22.